The summed E-state index contributed by atoms with van der Waals surface area (Å²) in [4.78, 5) is 19.8. The summed E-state index contributed by atoms with van der Waals surface area (Å²) in [5.41, 5.74) is 1.95. The molecule has 0 bridgehead atoms. The smallest absolute Gasteiger partial charge is 0.276 e. The Bertz CT molecular complexity index is 1160. The van der Waals surface area contributed by atoms with Gasteiger partial charge in [0.2, 0.25) is 0 Å². The first-order valence-electron chi connectivity index (χ1n) is 12.4. The number of pyridine rings is 1. The number of halogens is 1. The Hall–Kier alpha value is -3.23. The molecule has 37 heavy (non-hydrogen) atoms. The van der Waals surface area contributed by atoms with E-state index in [0.717, 1.165) is 11.1 Å². The minimum absolute atomic E-state index is 0.0496. The van der Waals surface area contributed by atoms with Gasteiger partial charge >= 0.3 is 0 Å². The Morgan fingerprint density at radius 1 is 1.00 bits per heavy atom. The monoisotopic (exact) mass is 524 g/mol. The lowest BCUT2D eigenvalue weighted by Crippen LogP contribution is -2.43. The summed E-state index contributed by atoms with van der Waals surface area (Å²) in [5, 5.41) is 0.0496. The van der Waals surface area contributed by atoms with E-state index in [9.17, 15) is 9.18 Å². The normalized spacial score (nSPS) is 11.8. The molecule has 3 rings (SSSR count). The number of methoxy groups -OCH3 is 1. The summed E-state index contributed by atoms with van der Waals surface area (Å²) in [6.07, 6.45) is 1.54. The highest BCUT2D eigenvalue weighted by molar-refractivity contribution is 6.74. The van der Waals surface area contributed by atoms with E-state index in [2.05, 4.69) is 38.8 Å². The van der Waals surface area contributed by atoms with E-state index in [0.29, 0.717) is 25.5 Å². The number of amides is 1. The van der Waals surface area contributed by atoms with Gasteiger partial charge in [-0.1, -0.05) is 63.2 Å². The number of aromatic nitrogens is 1. The molecule has 0 saturated heterocycles. The summed E-state index contributed by atoms with van der Waals surface area (Å²) in [5.74, 6) is 0.0708. The third kappa shape index (κ3) is 7.63. The molecule has 0 aliphatic rings. The van der Waals surface area contributed by atoms with E-state index in [1.807, 2.05) is 30.3 Å². The van der Waals surface area contributed by atoms with Crippen molar-refractivity contribution in [2.75, 3.05) is 20.3 Å². The van der Waals surface area contributed by atoms with Crippen LogP contribution >= 0.6 is 0 Å². The largest absolute Gasteiger partial charge is 0.491 e. The van der Waals surface area contributed by atoms with Crippen molar-refractivity contribution in [1.82, 2.24) is 9.88 Å². The van der Waals surface area contributed by atoms with Gasteiger partial charge in [0.05, 0.1) is 13.7 Å². The molecule has 0 aliphatic carbocycles. The topological polar surface area (TPSA) is 60.9 Å². The van der Waals surface area contributed by atoms with E-state index in [1.54, 1.807) is 23.1 Å². The fourth-order valence-electron chi connectivity index (χ4n) is 3.47. The number of ether oxygens (including phenoxy) is 2. The zero-order valence-corrected chi connectivity index (χ0v) is 23.6. The van der Waals surface area contributed by atoms with Crippen LogP contribution < -0.4 is 9.47 Å². The van der Waals surface area contributed by atoms with Crippen LogP contribution in [-0.4, -0.2) is 44.4 Å². The average molecular weight is 525 g/mol. The van der Waals surface area contributed by atoms with Crippen LogP contribution in [0.2, 0.25) is 18.1 Å². The van der Waals surface area contributed by atoms with Crippen molar-refractivity contribution >= 4 is 14.2 Å². The van der Waals surface area contributed by atoms with Crippen molar-refractivity contribution in [2.24, 2.45) is 0 Å². The molecule has 1 amide bonds. The highest BCUT2D eigenvalue weighted by Gasteiger charge is 2.37. The highest BCUT2D eigenvalue weighted by atomic mass is 28.4. The van der Waals surface area contributed by atoms with Crippen molar-refractivity contribution < 1.29 is 23.1 Å². The van der Waals surface area contributed by atoms with Gasteiger partial charge in [-0.05, 0) is 41.4 Å². The first-order chi connectivity index (χ1) is 17.5. The van der Waals surface area contributed by atoms with E-state index >= 15 is 0 Å². The fourth-order valence-corrected chi connectivity index (χ4v) is 4.50. The molecule has 3 aromatic rings. The number of carbonyl (C=O) groups excluding carboxylic acids is 1. The minimum atomic E-state index is -2.00. The van der Waals surface area contributed by atoms with Crippen molar-refractivity contribution in [1.29, 1.82) is 0 Å². The van der Waals surface area contributed by atoms with E-state index in [4.69, 9.17) is 13.9 Å². The van der Waals surface area contributed by atoms with Gasteiger partial charge < -0.3 is 18.8 Å². The van der Waals surface area contributed by atoms with Gasteiger partial charge in [-0.25, -0.2) is 9.37 Å². The van der Waals surface area contributed by atoms with Gasteiger partial charge in [-0.15, -0.1) is 0 Å². The Labute approximate surface area is 220 Å². The van der Waals surface area contributed by atoms with Crippen LogP contribution in [0.3, 0.4) is 0 Å². The lowest BCUT2D eigenvalue weighted by atomic mass is 10.2. The molecule has 0 N–H and O–H groups in total. The van der Waals surface area contributed by atoms with Gasteiger partial charge in [-0.3, -0.25) is 4.79 Å². The molecule has 6 nitrogen and oxygen atoms in total. The van der Waals surface area contributed by atoms with E-state index < -0.39 is 8.32 Å². The standard InChI is InChI=1S/C29H37FN2O4Si/c1-29(2,3)37(5,6)36-19-18-32(20-22-12-14-24(30)15-13-22)28(33)26-27(34-4)25(16-17-31-26)35-21-23-10-8-7-9-11-23/h7-17H,18-21H2,1-6H3. The number of carbonyl (C=O) groups is 1. The Kier molecular flexibility index (Phi) is 9.45. The Morgan fingerprint density at radius 3 is 2.30 bits per heavy atom. The molecule has 2 aromatic carbocycles. The molecule has 0 spiro atoms. The second kappa shape index (κ2) is 12.3. The number of nitrogens with zero attached hydrogens (tertiary/aromatic N) is 2. The zero-order chi connectivity index (χ0) is 27.1. The van der Waals surface area contributed by atoms with Crippen LogP contribution in [0.5, 0.6) is 11.5 Å². The zero-order valence-electron chi connectivity index (χ0n) is 22.6. The molecule has 0 fully saturated rings. The predicted octanol–water partition coefficient (Wildman–Crippen LogP) is 6.47. The molecule has 198 valence electrons. The second-order valence-corrected chi connectivity index (χ2v) is 15.2. The third-order valence-electron chi connectivity index (χ3n) is 6.72. The average Bonchev–Trinajstić information content (AvgIpc) is 2.87. The maximum absolute atomic E-state index is 13.8. The van der Waals surface area contributed by atoms with Gasteiger partial charge in [0.1, 0.15) is 12.4 Å². The van der Waals surface area contributed by atoms with Gasteiger partial charge in [0.15, 0.2) is 25.5 Å². The Morgan fingerprint density at radius 2 is 1.68 bits per heavy atom. The summed E-state index contributed by atoms with van der Waals surface area (Å²) < 4.78 is 31.4. The van der Waals surface area contributed by atoms with E-state index in [-0.39, 0.29) is 34.8 Å². The maximum atomic E-state index is 13.8. The van der Waals surface area contributed by atoms with Gasteiger partial charge in [-0.2, -0.15) is 0 Å². The molecule has 0 atom stereocenters. The Balaban J connectivity index is 1.84. The highest BCUT2D eigenvalue weighted by Crippen LogP contribution is 2.36. The number of hydrogen-bond donors (Lipinski definition) is 0. The molecule has 8 heteroatoms. The summed E-state index contributed by atoms with van der Waals surface area (Å²) in [6, 6.07) is 17.6. The fraction of sp³-hybridized carbons (Fsp3) is 0.379. The van der Waals surface area contributed by atoms with Gasteiger partial charge in [0, 0.05) is 25.4 Å². The summed E-state index contributed by atoms with van der Waals surface area (Å²) in [7, 11) is -0.509. The van der Waals surface area contributed by atoms with Crippen molar-refractivity contribution in [2.45, 2.75) is 52.1 Å². The van der Waals surface area contributed by atoms with Gasteiger partial charge in [0.25, 0.3) is 5.91 Å². The lowest BCUT2D eigenvalue weighted by Gasteiger charge is -2.36. The second-order valence-electron chi connectivity index (χ2n) is 10.4. The molecular weight excluding hydrogens is 487 g/mol. The first kappa shape index (κ1) is 28.3. The van der Waals surface area contributed by atoms with Crippen LogP contribution in [0, 0.1) is 5.82 Å². The molecule has 0 aliphatic heterocycles. The van der Waals surface area contributed by atoms with Crippen molar-refractivity contribution in [3.05, 3.63) is 89.5 Å². The lowest BCUT2D eigenvalue weighted by molar-refractivity contribution is 0.0701. The number of hydrogen-bond acceptors (Lipinski definition) is 5. The quantitative estimate of drug-likeness (QED) is 0.269. The third-order valence-corrected chi connectivity index (χ3v) is 11.3. The molecule has 0 unspecified atom stereocenters. The van der Waals surface area contributed by atoms with Crippen molar-refractivity contribution in [3.63, 3.8) is 0 Å². The molecule has 1 heterocycles. The maximum Gasteiger partial charge on any atom is 0.276 e. The molecular formula is C29H37FN2O4Si. The predicted molar refractivity (Wildman–Crippen MR) is 146 cm³/mol. The SMILES string of the molecule is COc1c(OCc2ccccc2)ccnc1C(=O)N(CCO[Si](C)(C)C(C)(C)C)Cc1ccc(F)cc1. The first-order valence-corrected chi connectivity index (χ1v) is 15.3. The number of benzene rings is 2. The minimum Gasteiger partial charge on any atom is -0.491 e. The van der Waals surface area contributed by atoms with Crippen LogP contribution in [0.1, 0.15) is 42.4 Å². The van der Waals surface area contributed by atoms with Crippen molar-refractivity contribution in [3.8, 4) is 11.5 Å². The number of rotatable bonds is 11. The molecule has 0 saturated carbocycles. The van der Waals surface area contributed by atoms with Crippen LogP contribution in [0.15, 0.2) is 66.9 Å². The van der Waals surface area contributed by atoms with Crippen LogP contribution in [0.25, 0.3) is 0 Å². The van der Waals surface area contributed by atoms with Crippen LogP contribution in [0.4, 0.5) is 4.39 Å². The summed E-state index contributed by atoms with van der Waals surface area (Å²) >= 11 is 0. The van der Waals surface area contributed by atoms with E-state index in [1.165, 1.54) is 25.4 Å². The molecule has 1 aromatic heterocycles. The van der Waals surface area contributed by atoms with Crippen LogP contribution in [-0.2, 0) is 17.6 Å². The summed E-state index contributed by atoms with van der Waals surface area (Å²) in [6.45, 7) is 12.2. The molecule has 0 radical (unpaired) electrons.